The third kappa shape index (κ3) is 3.39. The molecule has 0 saturated carbocycles. The number of hydrogen-bond acceptors (Lipinski definition) is 2. The molecule has 1 heterocycles. The molecular weight excluding hydrogens is 322 g/mol. The van der Waals surface area contributed by atoms with E-state index in [-0.39, 0.29) is 18.1 Å². The number of rotatable bonds is 5. The Morgan fingerprint density at radius 3 is 2.08 bits per heavy atom. The van der Waals surface area contributed by atoms with E-state index in [9.17, 15) is 4.79 Å². The maximum absolute atomic E-state index is 12.9. The van der Waals surface area contributed by atoms with Gasteiger partial charge in [-0.2, -0.15) is 0 Å². The summed E-state index contributed by atoms with van der Waals surface area (Å²) in [4.78, 5) is 14.8. The Labute approximate surface area is 153 Å². The van der Waals surface area contributed by atoms with Crippen molar-refractivity contribution in [2.75, 3.05) is 6.54 Å². The van der Waals surface area contributed by atoms with E-state index in [2.05, 4.69) is 24.3 Å². The SMILES string of the molecule is O=C(c1ccccc1)N1C[C@@H](OCc2ccccc2)[C@H]1c1ccccc1. The number of carbonyl (C=O) groups is 1. The normalized spacial score (nSPS) is 19.0. The Morgan fingerprint density at radius 2 is 1.42 bits per heavy atom. The van der Waals surface area contributed by atoms with Crippen LogP contribution in [0.15, 0.2) is 91.0 Å². The Morgan fingerprint density at radius 1 is 0.846 bits per heavy atom. The number of nitrogens with zero attached hydrogens (tertiary/aromatic N) is 1. The summed E-state index contributed by atoms with van der Waals surface area (Å²) in [6, 6.07) is 29.7. The van der Waals surface area contributed by atoms with Crippen molar-refractivity contribution in [3.63, 3.8) is 0 Å². The summed E-state index contributed by atoms with van der Waals surface area (Å²) in [5.74, 6) is 0.0546. The molecule has 3 aromatic rings. The van der Waals surface area contributed by atoms with Crippen molar-refractivity contribution in [3.05, 3.63) is 108 Å². The molecule has 3 aromatic carbocycles. The number of benzene rings is 3. The average molecular weight is 343 g/mol. The van der Waals surface area contributed by atoms with Crippen molar-refractivity contribution < 1.29 is 9.53 Å². The monoisotopic (exact) mass is 343 g/mol. The zero-order chi connectivity index (χ0) is 17.8. The van der Waals surface area contributed by atoms with E-state index in [1.54, 1.807) is 0 Å². The van der Waals surface area contributed by atoms with Crippen LogP contribution in [0.1, 0.15) is 27.5 Å². The van der Waals surface area contributed by atoms with Crippen LogP contribution >= 0.6 is 0 Å². The minimum atomic E-state index is -0.0485. The molecular formula is C23H21NO2. The van der Waals surface area contributed by atoms with Crippen LogP contribution in [0.4, 0.5) is 0 Å². The summed E-state index contributed by atoms with van der Waals surface area (Å²) in [6.45, 7) is 1.17. The first-order valence-corrected chi connectivity index (χ1v) is 8.89. The van der Waals surface area contributed by atoms with Gasteiger partial charge in [0.1, 0.15) is 6.10 Å². The van der Waals surface area contributed by atoms with Crippen LogP contribution in [0.5, 0.6) is 0 Å². The summed E-state index contributed by atoms with van der Waals surface area (Å²) in [5.41, 5.74) is 2.98. The van der Waals surface area contributed by atoms with Gasteiger partial charge in [0.05, 0.1) is 19.2 Å². The maximum atomic E-state index is 12.9. The van der Waals surface area contributed by atoms with Crippen LogP contribution in [0.2, 0.25) is 0 Å². The van der Waals surface area contributed by atoms with Gasteiger partial charge in [-0.05, 0) is 23.3 Å². The molecule has 1 amide bonds. The highest BCUT2D eigenvalue weighted by Crippen LogP contribution is 2.37. The van der Waals surface area contributed by atoms with Gasteiger partial charge in [0.15, 0.2) is 0 Å². The second kappa shape index (κ2) is 7.54. The first-order valence-electron chi connectivity index (χ1n) is 8.89. The molecule has 0 radical (unpaired) electrons. The molecule has 0 N–H and O–H groups in total. The number of hydrogen-bond donors (Lipinski definition) is 0. The van der Waals surface area contributed by atoms with Crippen LogP contribution in [-0.2, 0) is 11.3 Å². The van der Waals surface area contributed by atoms with Gasteiger partial charge in [0.2, 0.25) is 0 Å². The highest BCUT2D eigenvalue weighted by molar-refractivity contribution is 5.95. The van der Waals surface area contributed by atoms with Gasteiger partial charge in [0.25, 0.3) is 5.91 Å². The fourth-order valence-electron chi connectivity index (χ4n) is 3.39. The Kier molecular flexibility index (Phi) is 4.80. The lowest BCUT2D eigenvalue weighted by Gasteiger charge is -2.48. The van der Waals surface area contributed by atoms with E-state index in [1.165, 1.54) is 0 Å². The summed E-state index contributed by atoms with van der Waals surface area (Å²) in [5, 5.41) is 0. The van der Waals surface area contributed by atoms with Crippen molar-refractivity contribution in [1.82, 2.24) is 4.90 Å². The fourth-order valence-corrected chi connectivity index (χ4v) is 3.39. The lowest BCUT2D eigenvalue weighted by molar-refractivity contribution is -0.0953. The molecule has 0 aromatic heterocycles. The maximum Gasteiger partial charge on any atom is 0.254 e. The molecule has 1 aliphatic heterocycles. The molecule has 1 aliphatic rings. The minimum absolute atomic E-state index is 0.00488. The summed E-state index contributed by atoms with van der Waals surface area (Å²) in [6.07, 6.45) is 0.00488. The van der Waals surface area contributed by atoms with E-state index in [4.69, 9.17) is 4.74 Å². The lowest BCUT2D eigenvalue weighted by atomic mass is 9.90. The smallest absolute Gasteiger partial charge is 0.254 e. The molecule has 3 heteroatoms. The van der Waals surface area contributed by atoms with E-state index in [1.807, 2.05) is 71.6 Å². The Balaban J connectivity index is 1.52. The summed E-state index contributed by atoms with van der Waals surface area (Å²) >= 11 is 0. The highest BCUT2D eigenvalue weighted by atomic mass is 16.5. The van der Waals surface area contributed by atoms with Gasteiger partial charge in [-0.25, -0.2) is 0 Å². The second-order valence-electron chi connectivity index (χ2n) is 6.51. The van der Waals surface area contributed by atoms with Gasteiger partial charge >= 0.3 is 0 Å². The zero-order valence-electron chi connectivity index (χ0n) is 14.5. The lowest BCUT2D eigenvalue weighted by Crippen LogP contribution is -2.57. The quantitative estimate of drug-likeness (QED) is 0.684. The van der Waals surface area contributed by atoms with E-state index in [0.29, 0.717) is 13.2 Å². The number of carbonyl (C=O) groups excluding carboxylic acids is 1. The number of amides is 1. The van der Waals surface area contributed by atoms with Crippen LogP contribution in [-0.4, -0.2) is 23.5 Å². The van der Waals surface area contributed by atoms with Crippen LogP contribution in [0.3, 0.4) is 0 Å². The van der Waals surface area contributed by atoms with Crippen molar-refractivity contribution in [2.24, 2.45) is 0 Å². The number of likely N-dealkylation sites (tertiary alicyclic amines) is 1. The molecule has 1 saturated heterocycles. The second-order valence-corrected chi connectivity index (χ2v) is 6.51. The van der Waals surface area contributed by atoms with Gasteiger partial charge < -0.3 is 9.64 Å². The molecule has 26 heavy (non-hydrogen) atoms. The van der Waals surface area contributed by atoms with Crippen LogP contribution in [0, 0.1) is 0 Å². The zero-order valence-corrected chi connectivity index (χ0v) is 14.5. The molecule has 0 spiro atoms. The van der Waals surface area contributed by atoms with Gasteiger partial charge in [-0.3, -0.25) is 4.79 Å². The van der Waals surface area contributed by atoms with Crippen molar-refractivity contribution >= 4 is 5.91 Å². The molecule has 3 nitrogen and oxygen atoms in total. The van der Waals surface area contributed by atoms with Gasteiger partial charge in [-0.15, -0.1) is 0 Å². The third-order valence-corrected chi connectivity index (χ3v) is 4.79. The average Bonchev–Trinajstić information content (AvgIpc) is 2.69. The summed E-state index contributed by atoms with van der Waals surface area (Å²) < 4.78 is 6.15. The fraction of sp³-hybridized carbons (Fsp3) is 0.174. The predicted molar refractivity (Wildman–Crippen MR) is 102 cm³/mol. The minimum Gasteiger partial charge on any atom is -0.369 e. The largest absolute Gasteiger partial charge is 0.369 e. The molecule has 0 aliphatic carbocycles. The van der Waals surface area contributed by atoms with E-state index < -0.39 is 0 Å². The first-order chi connectivity index (χ1) is 12.8. The standard InChI is InChI=1S/C23H21NO2/c25-23(20-14-8-3-9-15-20)24-16-21(22(24)19-12-6-2-7-13-19)26-17-18-10-4-1-5-11-18/h1-15,21-22H,16-17H2/t21-,22-/m1/s1. The highest BCUT2D eigenvalue weighted by Gasteiger charge is 2.43. The first kappa shape index (κ1) is 16.6. The molecule has 2 atom stereocenters. The third-order valence-electron chi connectivity index (χ3n) is 4.79. The molecule has 130 valence electrons. The van der Waals surface area contributed by atoms with Crippen molar-refractivity contribution in [1.29, 1.82) is 0 Å². The van der Waals surface area contributed by atoms with Crippen molar-refractivity contribution in [3.8, 4) is 0 Å². The van der Waals surface area contributed by atoms with Crippen LogP contribution < -0.4 is 0 Å². The Hall–Kier alpha value is -2.91. The molecule has 0 unspecified atom stereocenters. The van der Waals surface area contributed by atoms with Gasteiger partial charge in [-0.1, -0.05) is 78.9 Å². The predicted octanol–water partition coefficient (Wildman–Crippen LogP) is 4.47. The van der Waals surface area contributed by atoms with Gasteiger partial charge in [0, 0.05) is 5.56 Å². The number of ether oxygens (including phenoxy) is 1. The Bertz CT molecular complexity index is 849. The van der Waals surface area contributed by atoms with E-state index in [0.717, 1.165) is 16.7 Å². The topological polar surface area (TPSA) is 29.5 Å². The van der Waals surface area contributed by atoms with Crippen LogP contribution in [0.25, 0.3) is 0 Å². The molecule has 0 bridgehead atoms. The van der Waals surface area contributed by atoms with Crippen molar-refractivity contribution in [2.45, 2.75) is 18.8 Å². The van der Waals surface area contributed by atoms with E-state index >= 15 is 0 Å². The molecule has 4 rings (SSSR count). The molecule has 1 fully saturated rings. The summed E-state index contributed by atoms with van der Waals surface area (Å²) in [7, 11) is 0.